The Morgan fingerprint density at radius 2 is 1.20 bits per heavy atom. The first-order valence-electron chi connectivity index (χ1n) is 2.39. The molecule has 0 fully saturated rings. The van der Waals surface area contributed by atoms with Gasteiger partial charge in [-0.1, -0.05) is 12.2 Å². The number of carbonyl (C=O) groups is 2. The van der Waals surface area contributed by atoms with Gasteiger partial charge in [0.15, 0.2) is 0 Å². The van der Waals surface area contributed by atoms with E-state index in [0.717, 1.165) is 12.2 Å². The molecule has 0 unspecified atom stereocenters. The molecule has 10 heavy (non-hydrogen) atoms. The van der Waals surface area contributed by atoms with E-state index >= 15 is 0 Å². The minimum Gasteiger partial charge on any atom is -0.545 e. The Bertz CT molecular complexity index is 168. The van der Waals surface area contributed by atoms with Gasteiger partial charge in [0.2, 0.25) is 0 Å². The first kappa shape index (κ1) is 8.42. The number of hydrogen-bond acceptors (Lipinski definition) is 4. The highest BCUT2D eigenvalue weighted by Gasteiger charge is 1.69. The van der Waals surface area contributed by atoms with E-state index in [1.54, 1.807) is 0 Å². The van der Waals surface area contributed by atoms with Crippen LogP contribution in [0.2, 0.25) is 0 Å². The maximum Gasteiger partial charge on any atom is 0.0642 e. The predicted molar refractivity (Wildman–Crippen MR) is 28.3 cm³/mol. The number of carbonyl (C=O) groups excluding carboxylic acids is 2. The Morgan fingerprint density at radius 1 is 0.900 bits per heavy atom. The Kier molecular flexibility index (Phi) is 3.63. The van der Waals surface area contributed by atoms with Crippen LogP contribution < -0.4 is 10.2 Å². The highest BCUT2D eigenvalue weighted by Crippen LogP contribution is 1.74. The number of carboxylic acids is 2. The zero-order valence-electron chi connectivity index (χ0n) is 4.94. The third kappa shape index (κ3) is 6.42. The summed E-state index contributed by atoms with van der Waals surface area (Å²) in [4.78, 5) is 19.3. The number of carboxylic acid groups (broad SMARTS) is 2. The first-order valence-corrected chi connectivity index (χ1v) is 2.39. The smallest absolute Gasteiger partial charge is 0.0642 e. The Labute approximate surface area is 57.1 Å². The van der Waals surface area contributed by atoms with Gasteiger partial charge in [-0.05, 0) is 12.2 Å². The van der Waals surface area contributed by atoms with Crippen LogP contribution in [0, 0.1) is 0 Å². The fraction of sp³-hybridized carbons (Fsp3) is 0. The van der Waals surface area contributed by atoms with E-state index < -0.39 is 11.9 Å². The molecule has 0 aromatic carbocycles. The summed E-state index contributed by atoms with van der Waals surface area (Å²) in [7, 11) is 0. The standard InChI is InChI=1S/C6H6O4/c7-5(8)3-1-2-4-6(9)10/h1-4H,(H,7,8)(H,9,10)/p-2/b3-1+,4-2+. The highest BCUT2D eigenvalue weighted by molar-refractivity contribution is 5.80. The number of aliphatic carboxylic acids is 2. The molecule has 0 aromatic rings. The van der Waals surface area contributed by atoms with Crippen molar-refractivity contribution in [1.29, 1.82) is 0 Å². The van der Waals surface area contributed by atoms with Crippen molar-refractivity contribution in [2.45, 2.75) is 0 Å². The van der Waals surface area contributed by atoms with Gasteiger partial charge >= 0.3 is 0 Å². The average Bonchev–Trinajstić information content (AvgIpc) is 1.79. The number of rotatable bonds is 3. The molecule has 54 valence electrons. The van der Waals surface area contributed by atoms with E-state index in [4.69, 9.17) is 0 Å². The average molecular weight is 140 g/mol. The second-order valence-electron chi connectivity index (χ2n) is 1.36. The van der Waals surface area contributed by atoms with Crippen molar-refractivity contribution in [1.82, 2.24) is 0 Å². The molecule has 0 amide bonds. The lowest BCUT2D eigenvalue weighted by molar-refractivity contribution is -0.299. The van der Waals surface area contributed by atoms with E-state index in [1.165, 1.54) is 0 Å². The van der Waals surface area contributed by atoms with Crippen LogP contribution in [0.25, 0.3) is 0 Å². The van der Waals surface area contributed by atoms with Crippen molar-refractivity contribution in [3.63, 3.8) is 0 Å². The normalized spacial score (nSPS) is 10.8. The molecule has 0 aliphatic heterocycles. The van der Waals surface area contributed by atoms with Gasteiger partial charge in [-0.25, -0.2) is 0 Å². The predicted octanol–water partition coefficient (Wildman–Crippen LogP) is -2.40. The van der Waals surface area contributed by atoms with E-state index in [2.05, 4.69) is 0 Å². The number of hydrogen-bond donors (Lipinski definition) is 0. The third-order valence-electron chi connectivity index (χ3n) is 0.576. The first-order chi connectivity index (χ1) is 4.63. The molecule has 0 radical (unpaired) electrons. The molecule has 4 nitrogen and oxygen atoms in total. The van der Waals surface area contributed by atoms with Crippen LogP contribution in [0.3, 0.4) is 0 Å². The van der Waals surface area contributed by atoms with Crippen molar-refractivity contribution in [2.75, 3.05) is 0 Å². The molecule has 0 aliphatic rings. The SMILES string of the molecule is O=C([O-])/C=C/C=C/C(=O)[O-]. The van der Waals surface area contributed by atoms with E-state index in [1.807, 2.05) is 0 Å². The molecule has 0 heterocycles. The van der Waals surface area contributed by atoms with Gasteiger partial charge in [0.1, 0.15) is 0 Å². The second-order valence-corrected chi connectivity index (χ2v) is 1.36. The van der Waals surface area contributed by atoms with Crippen molar-refractivity contribution in [3.05, 3.63) is 24.3 Å². The fourth-order valence-corrected chi connectivity index (χ4v) is 0.268. The van der Waals surface area contributed by atoms with Crippen molar-refractivity contribution < 1.29 is 19.8 Å². The quantitative estimate of drug-likeness (QED) is 0.323. The van der Waals surface area contributed by atoms with Crippen LogP contribution in [0.4, 0.5) is 0 Å². The Hall–Kier alpha value is -1.58. The van der Waals surface area contributed by atoms with Crippen LogP contribution in [0.5, 0.6) is 0 Å². The molecule has 0 aliphatic carbocycles. The summed E-state index contributed by atoms with van der Waals surface area (Å²) in [5.41, 5.74) is 0. The second kappa shape index (κ2) is 4.31. The van der Waals surface area contributed by atoms with Crippen LogP contribution in [-0.2, 0) is 9.59 Å². The fourth-order valence-electron chi connectivity index (χ4n) is 0.268. The summed E-state index contributed by atoms with van der Waals surface area (Å²) in [5.74, 6) is -2.74. The van der Waals surface area contributed by atoms with Crippen LogP contribution >= 0.6 is 0 Å². The number of allylic oxidation sites excluding steroid dienone is 2. The Morgan fingerprint density at radius 3 is 1.40 bits per heavy atom. The molecular formula is C6H4O4-2. The van der Waals surface area contributed by atoms with Gasteiger partial charge in [-0.2, -0.15) is 0 Å². The molecule has 0 aromatic heterocycles. The third-order valence-corrected chi connectivity index (χ3v) is 0.576. The zero-order chi connectivity index (χ0) is 7.98. The van der Waals surface area contributed by atoms with Gasteiger partial charge in [-0.15, -0.1) is 0 Å². The van der Waals surface area contributed by atoms with Crippen molar-refractivity contribution in [3.8, 4) is 0 Å². The maximum absolute atomic E-state index is 9.65. The van der Waals surface area contributed by atoms with E-state index in [9.17, 15) is 19.8 Å². The van der Waals surface area contributed by atoms with Gasteiger partial charge < -0.3 is 19.8 Å². The lowest BCUT2D eigenvalue weighted by atomic mass is 10.4. The van der Waals surface area contributed by atoms with Crippen LogP contribution in [0.15, 0.2) is 24.3 Å². The van der Waals surface area contributed by atoms with Gasteiger partial charge in [0.25, 0.3) is 0 Å². The van der Waals surface area contributed by atoms with E-state index in [-0.39, 0.29) is 0 Å². The molecule has 0 spiro atoms. The van der Waals surface area contributed by atoms with Crippen LogP contribution in [0.1, 0.15) is 0 Å². The molecule has 0 N–H and O–H groups in total. The molecular weight excluding hydrogens is 136 g/mol. The Balaban J connectivity index is 3.73. The topological polar surface area (TPSA) is 80.3 Å². The summed E-state index contributed by atoms with van der Waals surface area (Å²) in [5, 5.41) is 19.3. The monoisotopic (exact) mass is 140 g/mol. The minimum absolute atomic E-state index is 0.708. The van der Waals surface area contributed by atoms with Gasteiger partial charge in [0, 0.05) is 0 Å². The molecule has 0 saturated heterocycles. The molecule has 4 heteroatoms. The molecule has 0 atom stereocenters. The van der Waals surface area contributed by atoms with Gasteiger partial charge in [-0.3, -0.25) is 0 Å². The largest absolute Gasteiger partial charge is 0.545 e. The summed E-state index contributed by atoms with van der Waals surface area (Å²) >= 11 is 0. The zero-order valence-corrected chi connectivity index (χ0v) is 4.94. The summed E-state index contributed by atoms with van der Waals surface area (Å²) in [6.07, 6.45) is 3.48. The van der Waals surface area contributed by atoms with Crippen molar-refractivity contribution >= 4 is 11.9 Å². The summed E-state index contributed by atoms with van der Waals surface area (Å²) in [6.45, 7) is 0. The molecule has 0 saturated carbocycles. The lowest BCUT2D eigenvalue weighted by Gasteiger charge is -1.88. The summed E-state index contributed by atoms with van der Waals surface area (Å²) in [6, 6.07) is 0. The summed E-state index contributed by atoms with van der Waals surface area (Å²) < 4.78 is 0. The lowest BCUT2D eigenvalue weighted by Crippen LogP contribution is -2.19. The van der Waals surface area contributed by atoms with Crippen LogP contribution in [-0.4, -0.2) is 11.9 Å². The molecule has 0 bridgehead atoms. The van der Waals surface area contributed by atoms with Crippen molar-refractivity contribution in [2.24, 2.45) is 0 Å². The highest BCUT2D eigenvalue weighted by atomic mass is 16.4. The van der Waals surface area contributed by atoms with E-state index in [0.29, 0.717) is 12.2 Å². The minimum atomic E-state index is -1.37. The molecule has 0 rings (SSSR count). The van der Waals surface area contributed by atoms with Gasteiger partial charge in [0.05, 0.1) is 11.9 Å². The maximum atomic E-state index is 9.65.